The number of imidazole rings is 1. The molecule has 3 N–H and O–H groups in total. The third-order valence-electron chi connectivity index (χ3n) is 3.50. The molecule has 9 heteroatoms. The number of aliphatic hydroxyl groups is 3. The van der Waals surface area contributed by atoms with Gasteiger partial charge in [-0.3, -0.25) is 4.57 Å². The molecule has 0 radical (unpaired) electrons. The van der Waals surface area contributed by atoms with Gasteiger partial charge in [0.1, 0.15) is 29.7 Å². The predicted octanol–water partition coefficient (Wildman–Crippen LogP) is -0.519. The summed E-state index contributed by atoms with van der Waals surface area (Å²) in [5, 5.41) is 29.8. The lowest BCUT2D eigenvalue weighted by Crippen LogP contribution is -2.44. The molecular formula is C11H13ClN4O4. The minimum absolute atomic E-state index is 0.186. The van der Waals surface area contributed by atoms with Crippen molar-refractivity contribution in [3.8, 4) is 0 Å². The average molecular weight is 301 g/mol. The van der Waals surface area contributed by atoms with Crippen LogP contribution in [0, 0.1) is 0 Å². The summed E-state index contributed by atoms with van der Waals surface area (Å²) < 4.78 is 6.96. The van der Waals surface area contributed by atoms with Gasteiger partial charge in [-0.05, 0) is 6.92 Å². The number of hydrogen-bond acceptors (Lipinski definition) is 7. The van der Waals surface area contributed by atoms with E-state index < -0.39 is 30.6 Å². The van der Waals surface area contributed by atoms with Crippen molar-refractivity contribution in [2.75, 3.05) is 6.61 Å². The highest BCUT2D eigenvalue weighted by Gasteiger charge is 2.53. The van der Waals surface area contributed by atoms with Gasteiger partial charge in [-0.1, -0.05) is 11.6 Å². The molecule has 4 atom stereocenters. The highest BCUT2D eigenvalue weighted by Crippen LogP contribution is 2.39. The Hall–Kier alpha value is -1.32. The fourth-order valence-corrected chi connectivity index (χ4v) is 2.56. The monoisotopic (exact) mass is 300 g/mol. The average Bonchev–Trinajstić information content (AvgIpc) is 2.92. The molecule has 0 aliphatic carbocycles. The van der Waals surface area contributed by atoms with Crippen molar-refractivity contribution >= 4 is 22.8 Å². The van der Waals surface area contributed by atoms with Gasteiger partial charge in [0.05, 0.1) is 12.9 Å². The van der Waals surface area contributed by atoms with Crippen molar-refractivity contribution < 1.29 is 20.1 Å². The number of nitrogens with zero attached hydrogens (tertiary/aromatic N) is 4. The van der Waals surface area contributed by atoms with Crippen LogP contribution in [0.5, 0.6) is 0 Å². The second-order valence-electron chi connectivity index (χ2n) is 4.87. The summed E-state index contributed by atoms with van der Waals surface area (Å²) in [6.07, 6.45) is -0.383. The summed E-state index contributed by atoms with van der Waals surface area (Å²) in [7, 11) is 0. The summed E-state index contributed by atoms with van der Waals surface area (Å²) in [4.78, 5) is 11.9. The molecule has 1 aliphatic rings. The Morgan fingerprint density at radius 1 is 1.45 bits per heavy atom. The molecule has 8 nitrogen and oxygen atoms in total. The third-order valence-corrected chi connectivity index (χ3v) is 3.78. The van der Waals surface area contributed by atoms with Gasteiger partial charge in [-0.15, -0.1) is 0 Å². The van der Waals surface area contributed by atoms with Crippen LogP contribution in [0.1, 0.15) is 13.2 Å². The topological polar surface area (TPSA) is 114 Å². The van der Waals surface area contributed by atoms with Gasteiger partial charge in [0.25, 0.3) is 0 Å². The molecule has 0 aromatic carbocycles. The van der Waals surface area contributed by atoms with Gasteiger partial charge >= 0.3 is 0 Å². The quantitative estimate of drug-likeness (QED) is 0.640. The number of halogens is 1. The van der Waals surface area contributed by atoms with Crippen molar-refractivity contribution in [3.05, 3.63) is 17.8 Å². The molecule has 1 aliphatic heterocycles. The van der Waals surface area contributed by atoms with Gasteiger partial charge in [-0.25, -0.2) is 15.0 Å². The van der Waals surface area contributed by atoms with Crippen molar-refractivity contribution in [2.45, 2.75) is 31.0 Å². The smallest absolute Gasteiger partial charge is 0.168 e. The summed E-state index contributed by atoms with van der Waals surface area (Å²) in [6, 6.07) is 0. The van der Waals surface area contributed by atoms with Crippen LogP contribution in [0.4, 0.5) is 0 Å². The lowest BCUT2D eigenvalue weighted by molar-refractivity contribution is -0.0950. The zero-order chi connectivity index (χ0) is 14.5. The molecule has 3 rings (SSSR count). The van der Waals surface area contributed by atoms with Crippen LogP contribution >= 0.6 is 11.6 Å². The fourth-order valence-electron chi connectivity index (χ4n) is 2.39. The SMILES string of the molecule is C[C@]1(O)[C@H](O)[C@@H](CO)O[C@H]1n1cnc2c(Cl)ncnc21. The van der Waals surface area contributed by atoms with E-state index in [0.717, 1.165) is 0 Å². The second-order valence-corrected chi connectivity index (χ2v) is 5.23. The van der Waals surface area contributed by atoms with E-state index in [1.165, 1.54) is 24.1 Å². The van der Waals surface area contributed by atoms with E-state index in [-0.39, 0.29) is 5.15 Å². The van der Waals surface area contributed by atoms with E-state index >= 15 is 0 Å². The number of fused-ring (bicyclic) bond motifs is 1. The van der Waals surface area contributed by atoms with Crippen molar-refractivity contribution in [3.63, 3.8) is 0 Å². The number of rotatable bonds is 2. The maximum absolute atomic E-state index is 10.4. The maximum atomic E-state index is 10.4. The van der Waals surface area contributed by atoms with E-state index in [2.05, 4.69) is 15.0 Å². The van der Waals surface area contributed by atoms with Crippen molar-refractivity contribution in [2.24, 2.45) is 0 Å². The first-order valence-electron chi connectivity index (χ1n) is 5.96. The van der Waals surface area contributed by atoms with Gasteiger partial charge in [0.2, 0.25) is 0 Å². The minimum Gasteiger partial charge on any atom is -0.394 e. The molecule has 1 fully saturated rings. The summed E-state index contributed by atoms with van der Waals surface area (Å²) in [5.41, 5.74) is -0.852. The zero-order valence-electron chi connectivity index (χ0n) is 10.5. The lowest BCUT2D eigenvalue weighted by atomic mass is 9.96. The highest BCUT2D eigenvalue weighted by atomic mass is 35.5. The van der Waals surface area contributed by atoms with Crippen molar-refractivity contribution in [1.82, 2.24) is 19.5 Å². The zero-order valence-corrected chi connectivity index (χ0v) is 11.3. The Morgan fingerprint density at radius 3 is 2.85 bits per heavy atom. The Balaban J connectivity index is 2.10. The summed E-state index contributed by atoms with van der Waals surface area (Å²) in [6.45, 7) is 1.02. The first-order chi connectivity index (χ1) is 9.46. The highest BCUT2D eigenvalue weighted by molar-refractivity contribution is 6.33. The molecule has 3 heterocycles. The van der Waals surface area contributed by atoms with Gasteiger partial charge in [0, 0.05) is 0 Å². The van der Waals surface area contributed by atoms with Crippen LogP contribution in [0.25, 0.3) is 11.2 Å². The first-order valence-corrected chi connectivity index (χ1v) is 6.34. The molecule has 1 saturated heterocycles. The Kier molecular flexibility index (Phi) is 3.14. The third kappa shape index (κ3) is 1.80. The number of aliphatic hydroxyl groups excluding tert-OH is 2. The van der Waals surface area contributed by atoms with E-state index in [1.807, 2.05) is 0 Å². The number of hydrogen-bond donors (Lipinski definition) is 3. The molecule has 0 bridgehead atoms. The number of aromatic nitrogens is 4. The minimum atomic E-state index is -1.60. The molecular weight excluding hydrogens is 288 g/mol. The fraction of sp³-hybridized carbons (Fsp3) is 0.545. The molecule has 2 aromatic heterocycles. The van der Waals surface area contributed by atoms with Crippen LogP contribution < -0.4 is 0 Å². The first kappa shape index (κ1) is 13.7. The van der Waals surface area contributed by atoms with E-state index in [4.69, 9.17) is 16.3 Å². The normalized spacial score (nSPS) is 34.0. The predicted molar refractivity (Wildman–Crippen MR) is 68.0 cm³/mol. The van der Waals surface area contributed by atoms with E-state index in [1.54, 1.807) is 0 Å². The van der Waals surface area contributed by atoms with E-state index in [0.29, 0.717) is 11.2 Å². The molecule has 0 unspecified atom stereocenters. The molecule has 0 spiro atoms. The van der Waals surface area contributed by atoms with Crippen LogP contribution in [0.2, 0.25) is 5.15 Å². The molecule has 2 aromatic rings. The molecule has 0 amide bonds. The number of ether oxygens (including phenoxy) is 1. The van der Waals surface area contributed by atoms with Crippen LogP contribution in [-0.4, -0.2) is 59.3 Å². The van der Waals surface area contributed by atoms with Gasteiger partial charge in [-0.2, -0.15) is 0 Å². The van der Waals surface area contributed by atoms with Crippen LogP contribution in [0.15, 0.2) is 12.7 Å². The Morgan fingerprint density at radius 2 is 2.20 bits per heavy atom. The lowest BCUT2D eigenvalue weighted by Gasteiger charge is -2.27. The summed E-state index contributed by atoms with van der Waals surface area (Å²) >= 11 is 5.91. The maximum Gasteiger partial charge on any atom is 0.168 e. The van der Waals surface area contributed by atoms with Crippen LogP contribution in [0.3, 0.4) is 0 Å². The van der Waals surface area contributed by atoms with Crippen LogP contribution in [-0.2, 0) is 4.74 Å². The second kappa shape index (κ2) is 4.61. The van der Waals surface area contributed by atoms with Gasteiger partial charge < -0.3 is 20.1 Å². The molecule has 108 valence electrons. The van der Waals surface area contributed by atoms with Crippen molar-refractivity contribution in [1.29, 1.82) is 0 Å². The Bertz CT molecular complexity index is 646. The standard InChI is InChI=1S/C11H13ClN4O4/c1-11(19)7(18)5(2-17)20-10(11)16-4-15-6-8(12)13-3-14-9(6)16/h3-5,7,10,17-19H,2H2,1H3/t5-,7-,10-,11+/m1/s1. The van der Waals surface area contributed by atoms with Gasteiger partial charge in [0.15, 0.2) is 17.0 Å². The largest absolute Gasteiger partial charge is 0.394 e. The Labute approximate surface area is 118 Å². The van der Waals surface area contributed by atoms with E-state index in [9.17, 15) is 15.3 Å². The molecule has 0 saturated carbocycles. The molecule has 20 heavy (non-hydrogen) atoms. The summed E-state index contributed by atoms with van der Waals surface area (Å²) in [5.74, 6) is 0.